The molecule has 108 valence electrons. The molecule has 0 amide bonds. The summed E-state index contributed by atoms with van der Waals surface area (Å²) in [4.78, 5) is 8.17. The van der Waals surface area contributed by atoms with Crippen molar-refractivity contribution in [1.29, 1.82) is 0 Å². The van der Waals surface area contributed by atoms with Gasteiger partial charge in [0.1, 0.15) is 12.4 Å². The Hall–Kier alpha value is -1.09. The molecule has 0 unspecified atom stereocenters. The zero-order chi connectivity index (χ0) is 14.3. The molecule has 0 radical (unpaired) electrons. The summed E-state index contributed by atoms with van der Waals surface area (Å²) in [7, 11) is 0. The number of hydrogen-bond donors (Lipinski definition) is 2. The zero-order valence-corrected chi connectivity index (χ0v) is 11.8. The summed E-state index contributed by atoms with van der Waals surface area (Å²) >= 11 is 3.25. The van der Waals surface area contributed by atoms with Crippen LogP contribution in [0.4, 0.5) is 24.9 Å². The molecule has 0 aliphatic carbocycles. The summed E-state index contributed by atoms with van der Waals surface area (Å²) < 4.78 is 40.6. The van der Waals surface area contributed by atoms with E-state index in [-0.39, 0.29) is 13.2 Å². The summed E-state index contributed by atoms with van der Waals surface area (Å²) in [6.45, 7) is 1.49. The van der Waals surface area contributed by atoms with Crippen LogP contribution >= 0.6 is 15.9 Å². The van der Waals surface area contributed by atoms with E-state index in [1.165, 1.54) is 0 Å². The van der Waals surface area contributed by atoms with Crippen LogP contribution in [-0.4, -0.2) is 42.4 Å². The molecule has 0 saturated heterocycles. The monoisotopic (exact) mass is 342 g/mol. The topological polar surface area (TPSA) is 59.1 Å². The molecule has 1 aromatic heterocycles. The predicted octanol–water partition coefficient (Wildman–Crippen LogP) is 2.66. The molecule has 0 fully saturated rings. The Morgan fingerprint density at radius 1 is 1.37 bits per heavy atom. The molecule has 0 saturated carbocycles. The number of halogens is 4. The lowest BCUT2D eigenvalue weighted by molar-refractivity contribution is -0.172. The second-order valence-corrected chi connectivity index (χ2v) is 4.37. The highest BCUT2D eigenvalue weighted by Gasteiger charge is 2.27. The van der Waals surface area contributed by atoms with Crippen molar-refractivity contribution in [3.63, 3.8) is 0 Å². The lowest BCUT2D eigenvalue weighted by Gasteiger charge is -2.10. The maximum atomic E-state index is 11.8. The van der Waals surface area contributed by atoms with E-state index in [0.717, 1.165) is 0 Å². The molecule has 1 rings (SSSR count). The number of alkyl halides is 3. The Labute approximate surface area is 117 Å². The minimum Gasteiger partial charge on any atom is -0.370 e. The summed E-state index contributed by atoms with van der Waals surface area (Å²) in [5.74, 6) is 0.950. The number of nitrogens with one attached hydrogen (secondary N) is 2. The number of hydrogen-bond acceptors (Lipinski definition) is 5. The van der Waals surface area contributed by atoms with Crippen LogP contribution in [0.5, 0.6) is 0 Å². The molecule has 0 bridgehead atoms. The van der Waals surface area contributed by atoms with Crippen LogP contribution in [0.1, 0.15) is 6.92 Å². The molecule has 0 atom stereocenters. The molecule has 0 aliphatic heterocycles. The third-order valence-corrected chi connectivity index (χ3v) is 2.46. The number of aromatic nitrogens is 2. The molecule has 19 heavy (non-hydrogen) atoms. The average Bonchev–Trinajstić information content (AvgIpc) is 2.31. The number of nitrogens with zero attached hydrogens (tertiary/aromatic N) is 2. The minimum absolute atomic E-state index is 0.0630. The summed E-state index contributed by atoms with van der Waals surface area (Å²) in [5, 5.41) is 5.80. The summed E-state index contributed by atoms with van der Waals surface area (Å²) in [5.41, 5.74) is 0. The standard InChI is InChI=1S/C10H14BrF3N4O/c1-2-15-9-17-5-7(11)8(18-9)16-3-4-19-6-10(12,13)14/h5H,2-4,6H2,1H3,(H2,15,16,17,18). The quantitative estimate of drug-likeness (QED) is 0.746. The van der Waals surface area contributed by atoms with Gasteiger partial charge < -0.3 is 15.4 Å². The normalized spacial score (nSPS) is 11.4. The van der Waals surface area contributed by atoms with Gasteiger partial charge in [0.2, 0.25) is 5.95 Å². The SMILES string of the molecule is CCNc1ncc(Br)c(NCCOCC(F)(F)F)n1. The summed E-state index contributed by atoms with van der Waals surface area (Å²) in [6, 6.07) is 0. The average molecular weight is 343 g/mol. The van der Waals surface area contributed by atoms with Crippen molar-refractivity contribution in [2.24, 2.45) is 0 Å². The third kappa shape index (κ3) is 6.58. The van der Waals surface area contributed by atoms with Crippen molar-refractivity contribution in [2.75, 3.05) is 36.9 Å². The van der Waals surface area contributed by atoms with E-state index in [1.54, 1.807) is 6.20 Å². The highest BCUT2D eigenvalue weighted by molar-refractivity contribution is 9.10. The Bertz CT molecular complexity index is 403. The van der Waals surface area contributed by atoms with Crippen molar-refractivity contribution in [3.05, 3.63) is 10.7 Å². The van der Waals surface area contributed by atoms with E-state index in [1.807, 2.05) is 6.92 Å². The molecule has 0 spiro atoms. The largest absolute Gasteiger partial charge is 0.411 e. The van der Waals surface area contributed by atoms with Crippen LogP contribution in [0.2, 0.25) is 0 Å². The maximum absolute atomic E-state index is 11.8. The van der Waals surface area contributed by atoms with Gasteiger partial charge in [0, 0.05) is 19.3 Å². The molecule has 1 heterocycles. The van der Waals surface area contributed by atoms with E-state index in [0.29, 0.717) is 22.8 Å². The van der Waals surface area contributed by atoms with Gasteiger partial charge in [-0.05, 0) is 22.9 Å². The minimum atomic E-state index is -4.30. The Morgan fingerprint density at radius 2 is 2.11 bits per heavy atom. The van der Waals surface area contributed by atoms with Gasteiger partial charge in [-0.1, -0.05) is 0 Å². The van der Waals surface area contributed by atoms with Gasteiger partial charge in [-0.2, -0.15) is 18.2 Å². The van der Waals surface area contributed by atoms with Gasteiger partial charge in [-0.3, -0.25) is 0 Å². The molecular formula is C10H14BrF3N4O. The number of ether oxygens (including phenoxy) is 1. The van der Waals surface area contributed by atoms with Crippen molar-refractivity contribution in [2.45, 2.75) is 13.1 Å². The van der Waals surface area contributed by atoms with Crippen molar-refractivity contribution < 1.29 is 17.9 Å². The third-order valence-electron chi connectivity index (χ3n) is 1.88. The van der Waals surface area contributed by atoms with E-state index >= 15 is 0 Å². The molecule has 0 aromatic carbocycles. The maximum Gasteiger partial charge on any atom is 0.411 e. The lowest BCUT2D eigenvalue weighted by atomic mass is 10.5. The second kappa shape index (κ2) is 7.49. The van der Waals surface area contributed by atoms with Crippen LogP contribution in [0.15, 0.2) is 10.7 Å². The van der Waals surface area contributed by atoms with Crippen molar-refractivity contribution >= 4 is 27.7 Å². The van der Waals surface area contributed by atoms with Crippen LogP contribution < -0.4 is 10.6 Å². The first-order chi connectivity index (χ1) is 8.92. The fraction of sp³-hybridized carbons (Fsp3) is 0.600. The van der Waals surface area contributed by atoms with Crippen molar-refractivity contribution in [3.8, 4) is 0 Å². The first-order valence-electron chi connectivity index (χ1n) is 5.57. The number of rotatable bonds is 7. The molecule has 5 nitrogen and oxygen atoms in total. The van der Waals surface area contributed by atoms with Crippen LogP contribution in [-0.2, 0) is 4.74 Å². The van der Waals surface area contributed by atoms with Gasteiger partial charge in [-0.25, -0.2) is 4.98 Å². The lowest BCUT2D eigenvalue weighted by Crippen LogP contribution is -2.20. The van der Waals surface area contributed by atoms with Gasteiger partial charge in [-0.15, -0.1) is 0 Å². The molecule has 1 aromatic rings. The fourth-order valence-corrected chi connectivity index (χ4v) is 1.50. The molecule has 9 heteroatoms. The van der Waals surface area contributed by atoms with E-state index in [2.05, 4.69) is 41.3 Å². The molecular weight excluding hydrogens is 329 g/mol. The van der Waals surface area contributed by atoms with Gasteiger partial charge in [0.25, 0.3) is 0 Å². The van der Waals surface area contributed by atoms with Crippen LogP contribution in [0.25, 0.3) is 0 Å². The Morgan fingerprint density at radius 3 is 2.74 bits per heavy atom. The molecule has 2 N–H and O–H groups in total. The van der Waals surface area contributed by atoms with Gasteiger partial charge in [0.05, 0.1) is 11.1 Å². The smallest absolute Gasteiger partial charge is 0.370 e. The van der Waals surface area contributed by atoms with E-state index in [4.69, 9.17) is 0 Å². The van der Waals surface area contributed by atoms with Gasteiger partial charge in [0.15, 0.2) is 0 Å². The highest BCUT2D eigenvalue weighted by Crippen LogP contribution is 2.19. The van der Waals surface area contributed by atoms with Crippen LogP contribution in [0.3, 0.4) is 0 Å². The zero-order valence-electron chi connectivity index (χ0n) is 10.2. The first-order valence-corrected chi connectivity index (χ1v) is 6.36. The van der Waals surface area contributed by atoms with Crippen LogP contribution in [0, 0.1) is 0 Å². The van der Waals surface area contributed by atoms with E-state index in [9.17, 15) is 13.2 Å². The Kier molecular flexibility index (Phi) is 6.29. The predicted molar refractivity (Wildman–Crippen MR) is 69.3 cm³/mol. The second-order valence-electron chi connectivity index (χ2n) is 3.52. The number of anilines is 2. The first kappa shape index (κ1) is 16.0. The Balaban J connectivity index is 2.38. The van der Waals surface area contributed by atoms with Gasteiger partial charge >= 0.3 is 6.18 Å². The highest BCUT2D eigenvalue weighted by atomic mass is 79.9. The van der Waals surface area contributed by atoms with E-state index < -0.39 is 12.8 Å². The summed E-state index contributed by atoms with van der Waals surface area (Å²) in [6.07, 6.45) is -2.74. The fourth-order valence-electron chi connectivity index (χ4n) is 1.16. The molecule has 0 aliphatic rings. The van der Waals surface area contributed by atoms with Crippen molar-refractivity contribution in [1.82, 2.24) is 9.97 Å².